The Morgan fingerprint density at radius 3 is 2.15 bits per heavy atom. The van der Waals surface area contributed by atoms with Gasteiger partial charge < -0.3 is 24.4 Å². The Morgan fingerprint density at radius 2 is 1.59 bits per heavy atom. The van der Waals surface area contributed by atoms with Crippen molar-refractivity contribution >= 4 is 16.9 Å². The van der Waals surface area contributed by atoms with Crippen LogP contribution in [-0.2, 0) is 11.2 Å². The highest BCUT2D eigenvalue weighted by Crippen LogP contribution is 2.24. The van der Waals surface area contributed by atoms with E-state index in [0.29, 0.717) is 11.6 Å². The summed E-state index contributed by atoms with van der Waals surface area (Å²) in [6.07, 6.45) is 0. The van der Waals surface area contributed by atoms with Crippen LogP contribution in [0.4, 0.5) is 5.69 Å². The van der Waals surface area contributed by atoms with Crippen LogP contribution in [0.15, 0.2) is 24.3 Å². The van der Waals surface area contributed by atoms with E-state index in [1.54, 1.807) is 31.2 Å². The topological polar surface area (TPSA) is 76.0 Å². The van der Waals surface area contributed by atoms with Crippen molar-refractivity contribution in [3.05, 3.63) is 24.3 Å². The molecule has 0 radical (unpaired) electrons. The van der Waals surface area contributed by atoms with Crippen LogP contribution in [0.1, 0.15) is 6.92 Å². The van der Waals surface area contributed by atoms with Crippen molar-refractivity contribution in [2.24, 2.45) is 0 Å². The molecule has 1 heterocycles. The summed E-state index contributed by atoms with van der Waals surface area (Å²) in [7, 11) is 0. The van der Waals surface area contributed by atoms with Gasteiger partial charge >= 0.3 is 5.97 Å². The third-order valence-electron chi connectivity index (χ3n) is 3.14. The summed E-state index contributed by atoms with van der Waals surface area (Å²) in [5, 5.41) is 19.5. The lowest BCUT2D eigenvalue weighted by atomic mass is 10.3. The first kappa shape index (κ1) is 20.2. The molecule has 1 saturated heterocycles. The maximum absolute atomic E-state index is 11.4. The predicted octanol–water partition coefficient (Wildman–Crippen LogP) is 0.267. The molecule has 27 heavy (non-hydrogen) atoms. The summed E-state index contributed by atoms with van der Waals surface area (Å²) >= 11 is -0.823. The van der Waals surface area contributed by atoms with E-state index < -0.39 is 17.1 Å². The largest absolute Gasteiger partial charge is 0.615 e. The van der Waals surface area contributed by atoms with Crippen molar-refractivity contribution < 1.29 is 19.5 Å². The molecule has 0 bridgehead atoms. The fourth-order valence-electron chi connectivity index (χ4n) is 2.00. The summed E-state index contributed by atoms with van der Waals surface area (Å²) in [6, 6.07) is 6.66. The molecule has 1 aromatic carbocycles. The molecular formula is C21H15NO4S. The minimum atomic E-state index is -2.69. The fourth-order valence-corrected chi connectivity index (χ4v) is 3.17. The summed E-state index contributed by atoms with van der Waals surface area (Å²) in [5.41, 5.74) is 0.887. The van der Waals surface area contributed by atoms with Crippen molar-refractivity contribution in [1.29, 1.82) is 0 Å². The zero-order chi connectivity index (χ0) is 19.5. The third kappa shape index (κ3) is 7.32. The van der Waals surface area contributed by atoms with Crippen LogP contribution in [-0.4, -0.2) is 38.9 Å². The smallest absolute Gasteiger partial charge is 0.394 e. The van der Waals surface area contributed by atoms with E-state index in [9.17, 15) is 14.8 Å². The first-order valence-electron chi connectivity index (χ1n) is 7.78. The molecule has 1 fully saturated rings. The summed E-state index contributed by atoms with van der Waals surface area (Å²) < 4.78 is 16.5. The van der Waals surface area contributed by atoms with Crippen molar-refractivity contribution in [2.45, 2.75) is 12.9 Å². The molecule has 1 aliphatic rings. The molecule has 2 rings (SSSR count). The van der Waals surface area contributed by atoms with Crippen LogP contribution in [0.3, 0.4) is 0 Å². The average molecular weight is 377 g/mol. The first-order valence-corrected chi connectivity index (χ1v) is 9.26. The Kier molecular flexibility index (Phi) is 7.55. The molecule has 0 saturated carbocycles. The Labute approximate surface area is 161 Å². The zero-order valence-corrected chi connectivity index (χ0v) is 15.3. The zero-order valence-electron chi connectivity index (χ0n) is 14.5. The lowest BCUT2D eigenvalue weighted by molar-refractivity contribution is -0.245. The Bertz CT molecular complexity index is 974. The number of benzene rings is 1. The van der Waals surface area contributed by atoms with Gasteiger partial charge in [0.1, 0.15) is 11.5 Å². The van der Waals surface area contributed by atoms with Crippen LogP contribution in [0, 0.1) is 59.2 Å². The summed E-state index contributed by atoms with van der Waals surface area (Å²) in [5.74, 6) is 22.7. The van der Waals surface area contributed by atoms with Gasteiger partial charge in [-0.2, -0.15) is 0 Å². The maximum Gasteiger partial charge on any atom is 0.394 e. The van der Waals surface area contributed by atoms with Gasteiger partial charge in [-0.05, 0) is 89.7 Å². The second-order valence-corrected chi connectivity index (χ2v) is 6.66. The van der Waals surface area contributed by atoms with Crippen molar-refractivity contribution in [1.82, 2.24) is 0 Å². The van der Waals surface area contributed by atoms with Gasteiger partial charge in [0, 0.05) is 11.6 Å². The van der Waals surface area contributed by atoms with Crippen LogP contribution in [0.2, 0.25) is 0 Å². The molecule has 0 aromatic heterocycles. The molecule has 5 nitrogen and oxygen atoms in total. The number of hydrogen-bond donors (Lipinski definition) is 2. The number of hydrogen-bond acceptors (Lipinski definition) is 5. The molecular weight excluding hydrogens is 362 g/mol. The lowest BCUT2D eigenvalue weighted by Crippen LogP contribution is -2.33. The summed E-state index contributed by atoms with van der Waals surface area (Å²) in [4.78, 5) is 1.99. The predicted molar refractivity (Wildman–Crippen MR) is 104 cm³/mol. The molecule has 1 aromatic rings. The van der Waals surface area contributed by atoms with Gasteiger partial charge in [-0.15, -0.1) is 0 Å². The Hall–Kier alpha value is -3.15. The number of anilines is 1. The van der Waals surface area contributed by atoms with E-state index in [4.69, 9.17) is 4.74 Å². The average Bonchev–Trinajstić information content (AvgIpc) is 3.07. The van der Waals surface area contributed by atoms with Gasteiger partial charge in [0.15, 0.2) is 5.88 Å². The number of ether oxygens (including phenoxy) is 1. The van der Waals surface area contributed by atoms with Gasteiger partial charge in [-0.25, -0.2) is 0 Å². The maximum atomic E-state index is 11.4. The van der Waals surface area contributed by atoms with E-state index in [1.165, 1.54) is 0 Å². The van der Waals surface area contributed by atoms with Crippen molar-refractivity contribution in [3.8, 4) is 65.0 Å². The summed E-state index contributed by atoms with van der Waals surface area (Å²) in [6.45, 7) is 2.39. The highest BCUT2D eigenvalue weighted by atomic mass is 32.2. The van der Waals surface area contributed by atoms with E-state index in [1.807, 2.05) is 4.90 Å². The molecule has 2 N–H and O–H groups in total. The van der Waals surface area contributed by atoms with Crippen molar-refractivity contribution in [2.75, 3.05) is 23.1 Å². The molecule has 1 unspecified atom stereocenters. The van der Waals surface area contributed by atoms with Gasteiger partial charge in [0.05, 0.1) is 6.54 Å². The van der Waals surface area contributed by atoms with Crippen LogP contribution < -0.4 is 9.64 Å². The number of rotatable bonds is 3. The van der Waals surface area contributed by atoms with E-state index in [-0.39, 0.29) is 5.75 Å². The first-order chi connectivity index (χ1) is 13.0. The lowest BCUT2D eigenvalue weighted by Gasteiger charge is -2.18. The van der Waals surface area contributed by atoms with Crippen LogP contribution in [0.25, 0.3) is 0 Å². The highest BCUT2D eigenvalue weighted by molar-refractivity contribution is 7.91. The minimum absolute atomic E-state index is 0.221. The minimum Gasteiger partial charge on any atom is -0.615 e. The molecule has 134 valence electrons. The standard InChI is InChI=1S/C21H15NO4S/c1-2-3-4-5-6-7-8-9-10-15-21(23,24)26-20-13-11-19(12-14-20)22-16-17-27(25)18-22/h11-14,23-24H,16-18H2,1H3. The molecule has 1 aliphatic heterocycles. The second-order valence-electron chi connectivity index (χ2n) is 5.12. The molecule has 6 heteroatoms. The third-order valence-corrected chi connectivity index (χ3v) is 4.38. The molecule has 0 amide bonds. The second kappa shape index (κ2) is 10.1. The normalized spacial score (nSPS) is 14.5. The fraction of sp³-hybridized carbons (Fsp3) is 0.238. The molecule has 1 atom stereocenters. The molecule has 0 spiro atoms. The van der Waals surface area contributed by atoms with Crippen LogP contribution >= 0.6 is 0 Å². The van der Waals surface area contributed by atoms with Crippen molar-refractivity contribution in [3.63, 3.8) is 0 Å². The molecule has 0 aliphatic carbocycles. The van der Waals surface area contributed by atoms with E-state index in [0.717, 1.165) is 12.2 Å². The number of nitrogens with zero attached hydrogens (tertiary/aromatic N) is 1. The Morgan fingerprint density at radius 1 is 1.00 bits per heavy atom. The van der Waals surface area contributed by atoms with Gasteiger partial charge in [0.25, 0.3) is 0 Å². The van der Waals surface area contributed by atoms with Crippen LogP contribution in [0.5, 0.6) is 5.75 Å². The SMILES string of the molecule is CC#CC#CC#CC#CC#CC(O)(O)Oc1ccc(N2CC[S+]([O-])C2)cc1. The monoisotopic (exact) mass is 377 g/mol. The quantitative estimate of drug-likeness (QED) is 0.449. The number of aliphatic hydroxyl groups is 2. The van der Waals surface area contributed by atoms with E-state index in [2.05, 4.69) is 59.2 Å². The van der Waals surface area contributed by atoms with Gasteiger partial charge in [0.2, 0.25) is 0 Å². The van der Waals surface area contributed by atoms with E-state index >= 15 is 0 Å². The van der Waals surface area contributed by atoms with Gasteiger partial charge in [-0.3, -0.25) is 0 Å². The Balaban J connectivity index is 1.93. The van der Waals surface area contributed by atoms with Gasteiger partial charge in [-0.1, -0.05) is 5.92 Å². The highest BCUT2D eigenvalue weighted by Gasteiger charge is 2.25.